The van der Waals surface area contributed by atoms with Gasteiger partial charge in [-0.05, 0) is 58.0 Å². The van der Waals surface area contributed by atoms with Crippen LogP contribution in [-0.2, 0) is 14.4 Å². The second-order valence-electron chi connectivity index (χ2n) is 7.57. The molecule has 0 aromatic rings. The maximum absolute atomic E-state index is 13.6. The van der Waals surface area contributed by atoms with Crippen LogP contribution < -0.4 is 5.32 Å². The lowest BCUT2D eigenvalue weighted by Gasteiger charge is -2.54. The Morgan fingerprint density at radius 1 is 1.09 bits per heavy atom. The molecule has 0 fully saturated rings. The van der Waals surface area contributed by atoms with E-state index >= 15 is 0 Å². The summed E-state index contributed by atoms with van der Waals surface area (Å²) in [6, 6.07) is 0. The van der Waals surface area contributed by atoms with E-state index in [0.29, 0.717) is 0 Å². The van der Waals surface area contributed by atoms with Crippen LogP contribution in [0.4, 0.5) is 0 Å². The van der Waals surface area contributed by atoms with E-state index in [1.165, 1.54) is 14.0 Å². The third-order valence-corrected chi connectivity index (χ3v) is 10.2. The van der Waals surface area contributed by atoms with E-state index in [1.807, 2.05) is 22.6 Å². The quantitative estimate of drug-likeness (QED) is 0.141. The molecule has 0 bridgehead atoms. The van der Waals surface area contributed by atoms with Gasteiger partial charge in [-0.3, -0.25) is 9.59 Å². The number of carbonyl (C=O) groups excluding carboxylic acids is 2. The van der Waals surface area contributed by atoms with E-state index < -0.39 is 51.5 Å². The van der Waals surface area contributed by atoms with Gasteiger partial charge in [0.1, 0.15) is 8.84 Å². The fourth-order valence-corrected chi connectivity index (χ4v) is 10.2. The Labute approximate surface area is 233 Å². The molecule has 0 aromatic heterocycles. The van der Waals surface area contributed by atoms with Crippen LogP contribution in [0.2, 0.25) is 0 Å². The van der Waals surface area contributed by atoms with Gasteiger partial charge in [-0.15, -0.1) is 0 Å². The number of hydrogen-bond donors (Lipinski definition) is 6. The molecule has 33 heavy (non-hydrogen) atoms. The van der Waals surface area contributed by atoms with Gasteiger partial charge < -0.3 is 35.7 Å². The van der Waals surface area contributed by atoms with Crippen LogP contribution in [0.3, 0.4) is 0 Å². The fourth-order valence-electron chi connectivity index (χ4n) is 4.07. The molecule has 1 aliphatic rings. The first kappa shape index (κ1) is 31.0. The average Bonchev–Trinajstić information content (AvgIpc) is 2.76. The van der Waals surface area contributed by atoms with Crippen LogP contribution in [0.5, 0.6) is 0 Å². The molecule has 5 atom stereocenters. The number of aliphatic hydroxyl groups excluding tert-OH is 4. The Bertz CT molecular complexity index is 864. The van der Waals surface area contributed by atoms with Gasteiger partial charge in [0.15, 0.2) is 0 Å². The van der Waals surface area contributed by atoms with E-state index in [9.17, 15) is 39.9 Å². The highest BCUT2D eigenvalue weighted by molar-refractivity contribution is 14.1. The van der Waals surface area contributed by atoms with Crippen molar-refractivity contribution in [2.75, 3.05) is 20.2 Å². The van der Waals surface area contributed by atoms with Crippen molar-refractivity contribution < 1.29 is 39.9 Å². The highest BCUT2D eigenvalue weighted by Gasteiger charge is 2.69. The number of nitrogens with zero attached hydrogens (tertiary/aromatic N) is 1. The van der Waals surface area contributed by atoms with Crippen molar-refractivity contribution in [3.05, 3.63) is 18.4 Å². The third-order valence-electron chi connectivity index (χ3n) is 5.70. The summed E-state index contributed by atoms with van der Waals surface area (Å²) in [4.78, 5) is 39.9. The number of nitrogens with one attached hydrogen (secondary N) is 1. The van der Waals surface area contributed by atoms with Crippen LogP contribution in [-0.4, -0.2) is 90.1 Å². The standard InChI is InChI=1S/C20H29I3N2O8/c1-5-11(29)19(18(33)24-4)16(22)15(25(9(3)27)7-10(28)8-26)14(21)13(17(31)32)20(19,23)12(30)6-2/h10-12,26,28-30H,5-8H2,1-4H3,(H,24,33)(H,31,32). The number of halogens is 3. The number of alkyl halides is 1. The Morgan fingerprint density at radius 3 is 1.97 bits per heavy atom. The molecule has 0 spiro atoms. The molecule has 5 unspecified atom stereocenters. The van der Waals surface area contributed by atoms with Gasteiger partial charge in [0.05, 0.1) is 42.7 Å². The minimum Gasteiger partial charge on any atom is -0.478 e. The van der Waals surface area contributed by atoms with Crippen molar-refractivity contribution >= 4 is 85.6 Å². The summed E-state index contributed by atoms with van der Waals surface area (Å²) in [5, 5.41) is 54.6. The smallest absolute Gasteiger partial charge is 0.334 e. The summed E-state index contributed by atoms with van der Waals surface area (Å²) >= 11 is 5.32. The Kier molecular flexibility index (Phi) is 11.5. The molecule has 1 rings (SSSR count). The van der Waals surface area contributed by atoms with E-state index in [4.69, 9.17) is 0 Å². The van der Waals surface area contributed by atoms with Gasteiger partial charge in [0, 0.05) is 21.1 Å². The maximum atomic E-state index is 13.6. The first-order valence-corrected chi connectivity index (χ1v) is 13.4. The summed E-state index contributed by atoms with van der Waals surface area (Å²) in [7, 11) is 1.34. The zero-order valence-corrected chi connectivity index (χ0v) is 25.1. The Balaban J connectivity index is 4.36. The lowest BCUT2D eigenvalue weighted by Crippen LogP contribution is -2.67. The normalized spacial score (nSPS) is 26.0. The van der Waals surface area contributed by atoms with E-state index in [0.717, 1.165) is 4.90 Å². The summed E-state index contributed by atoms with van der Waals surface area (Å²) in [5.74, 6) is -2.72. The second kappa shape index (κ2) is 12.2. The first-order valence-electron chi connectivity index (χ1n) is 10.1. The number of aliphatic hydroxyl groups is 4. The van der Waals surface area contributed by atoms with Crippen LogP contribution in [0.25, 0.3) is 0 Å². The van der Waals surface area contributed by atoms with E-state index in [-0.39, 0.29) is 37.8 Å². The van der Waals surface area contributed by atoms with Crippen molar-refractivity contribution in [1.82, 2.24) is 10.2 Å². The number of aliphatic carboxylic acids is 1. The fraction of sp³-hybridized carbons (Fsp3) is 0.650. The van der Waals surface area contributed by atoms with Crippen molar-refractivity contribution in [2.45, 2.75) is 55.3 Å². The lowest BCUT2D eigenvalue weighted by atomic mass is 9.61. The van der Waals surface area contributed by atoms with Crippen molar-refractivity contribution in [3.63, 3.8) is 0 Å². The molecule has 2 amide bonds. The number of carboxylic acids is 1. The molecule has 0 saturated carbocycles. The number of carboxylic acid groups (broad SMARTS) is 1. The molecule has 13 heteroatoms. The highest BCUT2D eigenvalue weighted by Crippen LogP contribution is 2.63. The van der Waals surface area contributed by atoms with Crippen molar-refractivity contribution in [1.29, 1.82) is 0 Å². The van der Waals surface area contributed by atoms with Gasteiger partial charge in [0.25, 0.3) is 0 Å². The van der Waals surface area contributed by atoms with Crippen LogP contribution >= 0.6 is 67.8 Å². The highest BCUT2D eigenvalue weighted by atomic mass is 127. The first-order chi connectivity index (χ1) is 15.2. The van der Waals surface area contributed by atoms with Gasteiger partial charge in [0.2, 0.25) is 11.8 Å². The summed E-state index contributed by atoms with van der Waals surface area (Å²) < 4.78 is -1.59. The number of hydrogen-bond acceptors (Lipinski definition) is 7. The minimum atomic E-state index is -1.98. The predicted octanol–water partition coefficient (Wildman–Crippen LogP) is 1.07. The summed E-state index contributed by atoms with van der Waals surface area (Å²) in [6.07, 6.45) is -4.00. The molecular weight excluding hydrogens is 777 g/mol. The lowest BCUT2D eigenvalue weighted by molar-refractivity contribution is -0.141. The van der Waals surface area contributed by atoms with Gasteiger partial charge in [-0.2, -0.15) is 0 Å². The summed E-state index contributed by atoms with van der Waals surface area (Å²) in [5.41, 5.74) is -2.29. The van der Waals surface area contributed by atoms with Crippen molar-refractivity contribution in [2.24, 2.45) is 5.41 Å². The van der Waals surface area contributed by atoms with Gasteiger partial charge in [-0.25, -0.2) is 4.79 Å². The second-order valence-corrected chi connectivity index (χ2v) is 11.4. The molecular formula is C20H29I3N2O8. The Morgan fingerprint density at radius 2 is 1.61 bits per heavy atom. The average molecular weight is 806 g/mol. The third kappa shape index (κ3) is 5.09. The molecule has 0 aliphatic heterocycles. The number of carbonyl (C=O) groups is 3. The van der Waals surface area contributed by atoms with Gasteiger partial charge in [-0.1, -0.05) is 36.4 Å². The van der Waals surface area contributed by atoms with E-state index in [1.54, 1.807) is 59.0 Å². The molecule has 0 radical (unpaired) electrons. The molecule has 0 saturated heterocycles. The number of amides is 2. The SMILES string of the molecule is CCC(O)C1(I)C(C(=O)O)=C(I)C(N(CC(O)CO)C(C)=O)=C(I)C1(C(=O)NC)C(O)CC. The van der Waals surface area contributed by atoms with Crippen LogP contribution in [0.1, 0.15) is 33.6 Å². The minimum absolute atomic E-state index is 0.0281. The van der Waals surface area contributed by atoms with E-state index in [2.05, 4.69) is 5.32 Å². The molecule has 0 heterocycles. The van der Waals surface area contributed by atoms with Crippen LogP contribution in [0, 0.1) is 5.41 Å². The molecule has 188 valence electrons. The van der Waals surface area contributed by atoms with Crippen LogP contribution in [0.15, 0.2) is 18.4 Å². The predicted molar refractivity (Wildman–Crippen MR) is 146 cm³/mol. The van der Waals surface area contributed by atoms with Crippen molar-refractivity contribution in [3.8, 4) is 0 Å². The summed E-state index contributed by atoms with van der Waals surface area (Å²) in [6.45, 7) is 3.44. The monoisotopic (exact) mass is 806 g/mol. The Hall–Kier alpha value is -0.0800. The topological polar surface area (TPSA) is 168 Å². The maximum Gasteiger partial charge on any atom is 0.334 e. The number of allylic oxidation sites excluding steroid dienone is 1. The zero-order valence-electron chi connectivity index (χ0n) is 18.6. The molecule has 10 nitrogen and oxygen atoms in total. The number of rotatable bonds is 10. The molecule has 1 aliphatic carbocycles. The zero-order chi connectivity index (χ0) is 25.9. The van der Waals surface area contributed by atoms with Gasteiger partial charge >= 0.3 is 5.97 Å². The molecule has 6 N–H and O–H groups in total. The largest absolute Gasteiger partial charge is 0.478 e. The molecule has 0 aromatic carbocycles.